The maximum absolute atomic E-state index is 13.8. The lowest BCUT2D eigenvalue weighted by Crippen LogP contribution is -2.50. The maximum atomic E-state index is 13.8. The number of carbonyl (C=O) groups is 2. The molecular weight excluding hydrogens is 502 g/mol. The van der Waals surface area contributed by atoms with Crippen LogP contribution in [0.3, 0.4) is 0 Å². The average Bonchev–Trinajstić information content (AvgIpc) is 2.93. The van der Waals surface area contributed by atoms with Gasteiger partial charge in [0.15, 0.2) is 0 Å². The molecule has 1 saturated carbocycles. The highest BCUT2D eigenvalue weighted by Gasteiger charge is 2.40. The van der Waals surface area contributed by atoms with Crippen molar-refractivity contribution in [3.63, 3.8) is 0 Å². The van der Waals surface area contributed by atoms with Gasteiger partial charge in [0.1, 0.15) is 0 Å². The van der Waals surface area contributed by atoms with Crippen molar-refractivity contribution in [3.05, 3.63) is 75.2 Å². The van der Waals surface area contributed by atoms with E-state index < -0.39 is 0 Å². The Labute approximate surface area is 239 Å². The van der Waals surface area contributed by atoms with Crippen LogP contribution in [0.4, 0.5) is 0 Å². The highest BCUT2D eigenvalue weighted by atomic mass is 32.2. The van der Waals surface area contributed by atoms with E-state index in [2.05, 4.69) is 61.0 Å². The maximum Gasteiger partial charge on any atom is 0.260 e. The first-order chi connectivity index (χ1) is 18.9. The van der Waals surface area contributed by atoms with E-state index in [1.165, 1.54) is 29.5 Å². The monoisotopic (exact) mass is 547 g/mol. The van der Waals surface area contributed by atoms with Crippen molar-refractivity contribution in [2.24, 2.45) is 0 Å². The van der Waals surface area contributed by atoms with Gasteiger partial charge >= 0.3 is 0 Å². The van der Waals surface area contributed by atoms with E-state index in [0.29, 0.717) is 29.9 Å². The Hall–Kier alpha value is -2.57. The molecule has 0 aromatic heterocycles. The molecule has 39 heavy (non-hydrogen) atoms. The van der Waals surface area contributed by atoms with Crippen molar-refractivity contribution in [2.75, 3.05) is 26.2 Å². The van der Waals surface area contributed by atoms with Gasteiger partial charge in [-0.25, -0.2) is 0 Å². The first-order valence-electron chi connectivity index (χ1n) is 14.8. The molecule has 1 N–H and O–H groups in total. The van der Waals surface area contributed by atoms with Crippen LogP contribution in [0.1, 0.15) is 85.0 Å². The minimum atomic E-state index is -0.0463. The minimum Gasteiger partial charge on any atom is -0.351 e. The molecule has 0 bridgehead atoms. The first kappa shape index (κ1) is 29.4. The van der Waals surface area contributed by atoms with Crippen molar-refractivity contribution >= 4 is 29.7 Å². The number of rotatable bonds is 11. The number of fused-ring (bicyclic) bond motifs is 1. The van der Waals surface area contributed by atoms with Crippen molar-refractivity contribution in [3.8, 4) is 0 Å². The normalized spacial score (nSPS) is 20.4. The van der Waals surface area contributed by atoms with Gasteiger partial charge in [0.05, 0.1) is 4.91 Å². The molecule has 2 aliphatic rings. The predicted octanol–water partition coefficient (Wildman–Crippen LogP) is 6.58. The van der Waals surface area contributed by atoms with E-state index in [-0.39, 0.29) is 11.8 Å². The largest absolute Gasteiger partial charge is 0.351 e. The van der Waals surface area contributed by atoms with Gasteiger partial charge in [-0.3, -0.25) is 9.59 Å². The molecule has 2 fully saturated rings. The second-order valence-corrected chi connectivity index (χ2v) is 12.4. The Morgan fingerprint density at radius 3 is 2.46 bits per heavy atom. The molecule has 5 nitrogen and oxygen atoms in total. The second kappa shape index (κ2) is 14.2. The Balaban J connectivity index is 1.44. The molecule has 2 aromatic carbocycles. The lowest BCUT2D eigenvalue weighted by atomic mass is 9.92. The standard InChI is InChI=1S/C33H45N3O2S/c1-5-18-35(19-6-2)20-17-34-32(37)27-15-13-26(14-16-27)22-31-33(38)36(29-9-7-8-10-30(29)39-31)23-28-21-24(3)11-12-25(28)4/h11-16,21-22,29-30H,5-10,17-20,23H2,1-4H3,(H,34,37)/b31-22-. The fraction of sp³-hybridized carbons (Fsp3) is 0.515. The van der Waals surface area contributed by atoms with E-state index >= 15 is 0 Å². The van der Waals surface area contributed by atoms with Crippen LogP contribution in [-0.4, -0.2) is 59.1 Å². The van der Waals surface area contributed by atoms with Crippen LogP contribution in [0.15, 0.2) is 47.4 Å². The number of hydrogen-bond acceptors (Lipinski definition) is 4. The molecule has 210 valence electrons. The van der Waals surface area contributed by atoms with Gasteiger partial charge in [-0.05, 0) is 87.5 Å². The van der Waals surface area contributed by atoms with Crippen LogP contribution < -0.4 is 5.32 Å². The van der Waals surface area contributed by atoms with Crippen LogP contribution in [-0.2, 0) is 11.3 Å². The highest BCUT2D eigenvalue weighted by Crippen LogP contribution is 2.43. The van der Waals surface area contributed by atoms with Crippen LogP contribution in [0.5, 0.6) is 0 Å². The van der Waals surface area contributed by atoms with Gasteiger partial charge in [0.25, 0.3) is 11.8 Å². The third-order valence-electron chi connectivity index (χ3n) is 7.93. The van der Waals surface area contributed by atoms with Gasteiger partial charge in [0, 0.05) is 36.5 Å². The van der Waals surface area contributed by atoms with Gasteiger partial charge in [0.2, 0.25) is 0 Å². The number of hydrogen-bond donors (Lipinski definition) is 1. The third kappa shape index (κ3) is 7.76. The summed E-state index contributed by atoms with van der Waals surface area (Å²) in [5.41, 5.74) is 5.32. The molecule has 4 rings (SSSR count). The zero-order valence-electron chi connectivity index (χ0n) is 24.2. The fourth-order valence-corrected chi connectivity index (χ4v) is 7.27. The first-order valence-corrected chi connectivity index (χ1v) is 15.6. The lowest BCUT2D eigenvalue weighted by molar-refractivity contribution is -0.130. The van der Waals surface area contributed by atoms with Crippen LogP contribution in [0.25, 0.3) is 6.08 Å². The van der Waals surface area contributed by atoms with Gasteiger partial charge in [-0.2, -0.15) is 0 Å². The number of thioether (sulfide) groups is 1. The van der Waals surface area contributed by atoms with Crippen molar-refractivity contribution in [1.82, 2.24) is 15.1 Å². The molecule has 2 amide bonds. The molecule has 1 aliphatic heterocycles. The summed E-state index contributed by atoms with van der Waals surface area (Å²) in [6.07, 6.45) is 8.91. The topological polar surface area (TPSA) is 52.7 Å². The summed E-state index contributed by atoms with van der Waals surface area (Å²) in [7, 11) is 0. The predicted molar refractivity (Wildman–Crippen MR) is 164 cm³/mol. The van der Waals surface area contributed by atoms with Gasteiger partial charge < -0.3 is 15.1 Å². The summed E-state index contributed by atoms with van der Waals surface area (Å²) < 4.78 is 0. The molecule has 1 heterocycles. The molecule has 0 spiro atoms. The Morgan fingerprint density at radius 2 is 1.74 bits per heavy atom. The number of benzene rings is 2. The summed E-state index contributed by atoms with van der Waals surface area (Å²) in [5, 5.41) is 3.50. The number of aryl methyl sites for hydroxylation is 2. The SMILES string of the molecule is CCCN(CCC)CCNC(=O)c1ccc(/C=C2\SC3CCCCC3N(Cc3cc(C)ccc3C)C2=O)cc1. The molecule has 6 heteroatoms. The summed E-state index contributed by atoms with van der Waals surface area (Å²) in [6, 6.07) is 14.5. The van der Waals surface area contributed by atoms with E-state index in [1.807, 2.05) is 30.3 Å². The second-order valence-electron chi connectivity index (χ2n) is 11.1. The highest BCUT2D eigenvalue weighted by molar-refractivity contribution is 8.04. The third-order valence-corrected chi connectivity index (χ3v) is 9.33. The molecule has 2 unspecified atom stereocenters. The summed E-state index contributed by atoms with van der Waals surface area (Å²) in [5.74, 6) is 0.0876. The van der Waals surface area contributed by atoms with Crippen molar-refractivity contribution < 1.29 is 9.59 Å². The number of amides is 2. The molecule has 2 aromatic rings. The number of carbonyl (C=O) groups excluding carboxylic acids is 2. The average molecular weight is 548 g/mol. The number of nitrogens with one attached hydrogen (secondary N) is 1. The van der Waals surface area contributed by atoms with Crippen molar-refractivity contribution in [1.29, 1.82) is 0 Å². The van der Waals surface area contributed by atoms with E-state index in [1.54, 1.807) is 11.8 Å². The van der Waals surface area contributed by atoms with Crippen LogP contribution in [0, 0.1) is 13.8 Å². The van der Waals surface area contributed by atoms with E-state index in [4.69, 9.17) is 0 Å². The fourth-order valence-electron chi connectivity index (χ4n) is 5.80. The Morgan fingerprint density at radius 1 is 1.03 bits per heavy atom. The number of nitrogens with zero attached hydrogens (tertiary/aromatic N) is 2. The summed E-state index contributed by atoms with van der Waals surface area (Å²) in [4.78, 5) is 31.9. The van der Waals surface area contributed by atoms with Gasteiger partial charge in [-0.1, -0.05) is 62.6 Å². The van der Waals surface area contributed by atoms with Gasteiger partial charge in [-0.15, -0.1) is 11.8 Å². The van der Waals surface area contributed by atoms with E-state index in [0.717, 1.165) is 55.8 Å². The summed E-state index contributed by atoms with van der Waals surface area (Å²) in [6.45, 7) is 12.9. The zero-order chi connectivity index (χ0) is 27.8. The quantitative estimate of drug-likeness (QED) is 0.323. The molecule has 0 radical (unpaired) electrons. The lowest BCUT2D eigenvalue weighted by Gasteiger charge is -2.44. The molecule has 1 saturated heterocycles. The minimum absolute atomic E-state index is 0.0463. The zero-order valence-corrected chi connectivity index (χ0v) is 25.0. The van der Waals surface area contributed by atoms with E-state index in [9.17, 15) is 9.59 Å². The summed E-state index contributed by atoms with van der Waals surface area (Å²) >= 11 is 1.76. The Kier molecular flexibility index (Phi) is 10.7. The van der Waals surface area contributed by atoms with Crippen molar-refractivity contribution in [2.45, 2.75) is 84.1 Å². The van der Waals surface area contributed by atoms with Crippen LogP contribution in [0.2, 0.25) is 0 Å². The Bertz CT molecular complexity index is 1150. The van der Waals surface area contributed by atoms with Crippen LogP contribution >= 0.6 is 11.8 Å². The molecule has 2 atom stereocenters. The molecule has 1 aliphatic carbocycles. The smallest absolute Gasteiger partial charge is 0.260 e. The molecular formula is C33H45N3O2S.